The largest absolute Gasteiger partial charge is 0.497 e. The molecule has 1 N–H and O–H groups in total. The number of aromatic nitrogens is 1. The molecule has 0 spiro atoms. The van der Waals surface area contributed by atoms with Crippen LogP contribution in [0.1, 0.15) is 54.4 Å². The number of nitrogens with one attached hydrogen (secondary N) is 1. The standard InChI is InChI=1S/C25H29N3O3S/c1-25(24(30)26-18-7-4-3-5-8-18)16-27-21-14-19(31-2)11-10-17(21)13-22(27)23(29)28(25)15-20-9-6-12-32-20/h6,9-14,18H,3-5,7-8,15-16H2,1-2H3,(H,26,30)/t25-/m1/s1. The molecular formula is C25H29N3O3S. The first kappa shape index (κ1) is 21.1. The van der Waals surface area contributed by atoms with Gasteiger partial charge in [-0.15, -0.1) is 11.3 Å². The van der Waals surface area contributed by atoms with Crippen molar-refractivity contribution < 1.29 is 14.3 Å². The molecule has 32 heavy (non-hydrogen) atoms. The minimum absolute atomic E-state index is 0.0651. The van der Waals surface area contributed by atoms with Crippen LogP contribution in [0.5, 0.6) is 5.75 Å². The first-order chi connectivity index (χ1) is 15.5. The molecule has 1 saturated carbocycles. The number of thiophene rings is 1. The molecule has 1 aliphatic heterocycles. The van der Waals surface area contributed by atoms with Crippen molar-refractivity contribution in [3.05, 3.63) is 52.3 Å². The van der Waals surface area contributed by atoms with Gasteiger partial charge in [0.25, 0.3) is 5.91 Å². The number of carbonyl (C=O) groups is 2. The van der Waals surface area contributed by atoms with Crippen LogP contribution in [-0.4, -0.2) is 40.0 Å². The van der Waals surface area contributed by atoms with E-state index in [0.29, 0.717) is 18.8 Å². The van der Waals surface area contributed by atoms with Crippen LogP contribution in [0, 0.1) is 0 Å². The molecule has 1 fully saturated rings. The number of hydrogen-bond acceptors (Lipinski definition) is 4. The maximum Gasteiger partial charge on any atom is 0.271 e. The molecule has 5 rings (SSSR count). The number of methoxy groups -OCH3 is 1. The van der Waals surface area contributed by atoms with Crippen LogP contribution in [0.4, 0.5) is 0 Å². The summed E-state index contributed by atoms with van der Waals surface area (Å²) in [5.41, 5.74) is 0.550. The number of ether oxygens (including phenoxy) is 1. The predicted octanol–water partition coefficient (Wildman–Crippen LogP) is 4.58. The maximum absolute atomic E-state index is 13.8. The van der Waals surface area contributed by atoms with Crippen LogP contribution in [0.3, 0.4) is 0 Å². The number of rotatable bonds is 5. The second kappa shape index (κ2) is 8.28. The summed E-state index contributed by atoms with van der Waals surface area (Å²) in [5, 5.41) is 6.27. The van der Waals surface area contributed by atoms with Gasteiger partial charge < -0.3 is 19.5 Å². The summed E-state index contributed by atoms with van der Waals surface area (Å²) in [6, 6.07) is 11.9. The molecule has 2 aromatic heterocycles. The molecule has 1 atom stereocenters. The zero-order valence-electron chi connectivity index (χ0n) is 18.6. The topological polar surface area (TPSA) is 63.6 Å². The van der Waals surface area contributed by atoms with Crippen molar-refractivity contribution in [2.45, 2.75) is 63.7 Å². The Hall–Kier alpha value is -2.80. The quantitative estimate of drug-likeness (QED) is 0.618. The molecule has 0 radical (unpaired) electrons. The summed E-state index contributed by atoms with van der Waals surface area (Å²) in [5.74, 6) is 0.561. The third kappa shape index (κ3) is 3.58. The van der Waals surface area contributed by atoms with Gasteiger partial charge in [-0.1, -0.05) is 25.3 Å². The van der Waals surface area contributed by atoms with E-state index in [2.05, 4.69) is 5.32 Å². The van der Waals surface area contributed by atoms with E-state index >= 15 is 0 Å². The van der Waals surface area contributed by atoms with Gasteiger partial charge in [-0.3, -0.25) is 9.59 Å². The highest BCUT2D eigenvalue weighted by molar-refractivity contribution is 7.09. The molecule has 2 aliphatic rings. The van der Waals surface area contributed by atoms with Crippen molar-refractivity contribution in [2.24, 2.45) is 0 Å². The van der Waals surface area contributed by atoms with Gasteiger partial charge in [0.05, 0.1) is 25.7 Å². The summed E-state index contributed by atoms with van der Waals surface area (Å²) in [4.78, 5) is 30.3. The van der Waals surface area contributed by atoms with Crippen molar-refractivity contribution in [1.29, 1.82) is 0 Å². The number of nitrogens with zero attached hydrogens (tertiary/aromatic N) is 2. The number of hydrogen-bond donors (Lipinski definition) is 1. The molecule has 3 heterocycles. The lowest BCUT2D eigenvalue weighted by molar-refractivity contribution is -0.134. The van der Waals surface area contributed by atoms with E-state index in [1.165, 1.54) is 6.42 Å². The predicted molar refractivity (Wildman–Crippen MR) is 126 cm³/mol. The second-order valence-electron chi connectivity index (χ2n) is 9.09. The fourth-order valence-corrected chi connectivity index (χ4v) is 5.74. The van der Waals surface area contributed by atoms with Gasteiger partial charge >= 0.3 is 0 Å². The summed E-state index contributed by atoms with van der Waals surface area (Å²) in [6.07, 6.45) is 5.54. The first-order valence-corrected chi connectivity index (χ1v) is 12.2. The summed E-state index contributed by atoms with van der Waals surface area (Å²) in [7, 11) is 1.64. The van der Waals surface area contributed by atoms with E-state index in [9.17, 15) is 9.59 Å². The van der Waals surface area contributed by atoms with Crippen molar-refractivity contribution in [3.8, 4) is 5.75 Å². The number of fused-ring (bicyclic) bond motifs is 3. The average molecular weight is 452 g/mol. The third-order valence-electron chi connectivity index (χ3n) is 6.96. The Labute approximate surface area is 192 Å². The van der Waals surface area contributed by atoms with Crippen LogP contribution in [0.2, 0.25) is 0 Å². The Morgan fingerprint density at radius 3 is 2.75 bits per heavy atom. The van der Waals surface area contributed by atoms with Gasteiger partial charge in [0, 0.05) is 22.4 Å². The van der Waals surface area contributed by atoms with Crippen LogP contribution in [0.15, 0.2) is 41.8 Å². The normalized spacial score (nSPS) is 21.6. The van der Waals surface area contributed by atoms with Crippen LogP contribution in [0.25, 0.3) is 10.9 Å². The molecule has 0 unspecified atom stereocenters. The third-order valence-corrected chi connectivity index (χ3v) is 7.82. The van der Waals surface area contributed by atoms with Crippen molar-refractivity contribution in [3.63, 3.8) is 0 Å². The van der Waals surface area contributed by atoms with E-state index in [1.807, 2.05) is 53.3 Å². The van der Waals surface area contributed by atoms with Crippen molar-refractivity contribution >= 4 is 34.1 Å². The molecule has 0 bridgehead atoms. The molecule has 6 nitrogen and oxygen atoms in total. The highest BCUT2D eigenvalue weighted by Gasteiger charge is 2.48. The fourth-order valence-electron chi connectivity index (χ4n) is 5.05. The summed E-state index contributed by atoms with van der Waals surface area (Å²) in [6.45, 7) is 2.75. The van der Waals surface area contributed by atoms with Crippen LogP contribution >= 0.6 is 11.3 Å². The van der Waals surface area contributed by atoms with Gasteiger partial charge in [0.15, 0.2) is 0 Å². The second-order valence-corrected chi connectivity index (χ2v) is 10.1. The molecule has 3 aromatic rings. The van der Waals surface area contributed by atoms with Gasteiger partial charge in [0.2, 0.25) is 5.91 Å². The molecule has 168 valence electrons. The average Bonchev–Trinajstić information content (AvgIpc) is 3.45. The van der Waals surface area contributed by atoms with E-state index in [-0.39, 0.29) is 17.9 Å². The molecule has 1 aromatic carbocycles. The fraction of sp³-hybridized carbons (Fsp3) is 0.440. The lowest BCUT2D eigenvalue weighted by atomic mass is 9.91. The Bertz CT molecular complexity index is 1150. The Morgan fingerprint density at radius 1 is 1.22 bits per heavy atom. The van der Waals surface area contributed by atoms with Crippen molar-refractivity contribution in [2.75, 3.05) is 7.11 Å². The highest BCUT2D eigenvalue weighted by atomic mass is 32.1. The molecule has 2 amide bonds. The molecule has 7 heteroatoms. The number of benzene rings is 1. The zero-order chi connectivity index (χ0) is 22.3. The van der Waals surface area contributed by atoms with Crippen LogP contribution < -0.4 is 10.1 Å². The SMILES string of the molecule is COc1ccc2cc3n(c2c1)C[C@](C)(C(=O)NC1CCCCC1)N(Cc1cccs1)C3=O. The van der Waals surface area contributed by atoms with Gasteiger partial charge in [0.1, 0.15) is 17.0 Å². The van der Waals surface area contributed by atoms with E-state index in [1.54, 1.807) is 23.3 Å². The summed E-state index contributed by atoms with van der Waals surface area (Å²) >= 11 is 1.61. The Kier molecular flexibility index (Phi) is 5.45. The molecule has 0 saturated heterocycles. The minimum atomic E-state index is -0.986. The van der Waals surface area contributed by atoms with Gasteiger partial charge in [-0.2, -0.15) is 0 Å². The Balaban J connectivity index is 1.56. The highest BCUT2D eigenvalue weighted by Crippen LogP contribution is 2.35. The molecule has 1 aliphatic carbocycles. The van der Waals surface area contributed by atoms with Crippen molar-refractivity contribution in [1.82, 2.24) is 14.8 Å². The van der Waals surface area contributed by atoms with Gasteiger partial charge in [-0.25, -0.2) is 0 Å². The number of amides is 2. The smallest absolute Gasteiger partial charge is 0.271 e. The van der Waals surface area contributed by atoms with Gasteiger partial charge in [-0.05, 0) is 49.4 Å². The lowest BCUT2D eigenvalue weighted by Gasteiger charge is -2.44. The van der Waals surface area contributed by atoms with E-state index < -0.39 is 5.54 Å². The minimum Gasteiger partial charge on any atom is -0.497 e. The monoisotopic (exact) mass is 451 g/mol. The lowest BCUT2D eigenvalue weighted by Crippen LogP contribution is -2.64. The Morgan fingerprint density at radius 2 is 2.03 bits per heavy atom. The van der Waals surface area contributed by atoms with E-state index in [0.717, 1.165) is 47.2 Å². The zero-order valence-corrected chi connectivity index (χ0v) is 19.4. The maximum atomic E-state index is 13.8. The van der Waals surface area contributed by atoms with E-state index in [4.69, 9.17) is 4.74 Å². The summed E-state index contributed by atoms with van der Waals surface area (Å²) < 4.78 is 7.41. The number of carbonyl (C=O) groups excluding carboxylic acids is 2. The van der Waals surface area contributed by atoms with Crippen LogP contribution in [-0.2, 0) is 17.9 Å². The first-order valence-electron chi connectivity index (χ1n) is 11.3. The molecular weight excluding hydrogens is 422 g/mol.